The number of rotatable bonds is 1. The fourth-order valence-corrected chi connectivity index (χ4v) is 3.31. The summed E-state index contributed by atoms with van der Waals surface area (Å²) in [5.74, 6) is -0.344. The number of hydrogen-bond acceptors (Lipinski definition) is 3. The predicted octanol–water partition coefficient (Wildman–Crippen LogP) is 4.36. The van der Waals surface area contributed by atoms with Crippen molar-refractivity contribution in [2.24, 2.45) is 0 Å². The average Bonchev–Trinajstić information content (AvgIpc) is 3.09. The van der Waals surface area contributed by atoms with E-state index < -0.39 is 0 Å². The lowest BCUT2D eigenvalue weighted by Gasteiger charge is -2.00. The summed E-state index contributed by atoms with van der Waals surface area (Å²) in [5.41, 5.74) is 1.30. The van der Waals surface area contributed by atoms with Crippen LogP contribution in [0.15, 0.2) is 59.5 Å². The van der Waals surface area contributed by atoms with Crippen LogP contribution in [-0.4, -0.2) is 11.6 Å². The number of carbonyl (C=O) groups is 2. The summed E-state index contributed by atoms with van der Waals surface area (Å²) < 4.78 is 0. The Hall–Kier alpha value is -2.52. The quantitative estimate of drug-likeness (QED) is 0.493. The van der Waals surface area contributed by atoms with E-state index in [1.807, 2.05) is 53.9 Å². The zero-order valence-corrected chi connectivity index (χ0v) is 11.8. The van der Waals surface area contributed by atoms with Gasteiger partial charge in [-0.3, -0.25) is 9.59 Å². The Labute approximate surface area is 125 Å². The van der Waals surface area contributed by atoms with E-state index in [-0.39, 0.29) is 17.1 Å². The molecular weight excluding hydrogens is 280 g/mol. The lowest BCUT2D eigenvalue weighted by molar-refractivity contribution is 0.0990. The van der Waals surface area contributed by atoms with Crippen LogP contribution < -0.4 is 0 Å². The summed E-state index contributed by atoms with van der Waals surface area (Å²) >= 11 is 1.51. The zero-order chi connectivity index (χ0) is 14.4. The number of thiophene rings is 1. The molecule has 1 aliphatic carbocycles. The van der Waals surface area contributed by atoms with Crippen molar-refractivity contribution >= 4 is 39.8 Å². The maximum atomic E-state index is 12.5. The van der Waals surface area contributed by atoms with Crippen molar-refractivity contribution in [3.63, 3.8) is 0 Å². The molecule has 0 aliphatic heterocycles. The molecule has 4 rings (SSSR count). The smallest absolute Gasteiger partial charge is 0.197 e. The predicted molar refractivity (Wildman–Crippen MR) is 84.9 cm³/mol. The number of allylic oxidation sites excluding steroid dienone is 1. The van der Waals surface area contributed by atoms with Crippen molar-refractivity contribution in [2.45, 2.75) is 0 Å². The van der Waals surface area contributed by atoms with Gasteiger partial charge in [0, 0.05) is 16.0 Å². The Morgan fingerprint density at radius 1 is 0.810 bits per heavy atom. The molecule has 0 amide bonds. The highest BCUT2D eigenvalue weighted by Gasteiger charge is 2.33. The second-order valence-electron chi connectivity index (χ2n) is 4.98. The lowest BCUT2D eigenvalue weighted by atomic mass is 10.0. The Morgan fingerprint density at radius 3 is 1.95 bits per heavy atom. The lowest BCUT2D eigenvalue weighted by Crippen LogP contribution is -1.99. The van der Waals surface area contributed by atoms with Crippen LogP contribution in [0, 0.1) is 0 Å². The van der Waals surface area contributed by atoms with Crippen molar-refractivity contribution in [1.82, 2.24) is 0 Å². The standard InChI is InChI=1S/C18H10O2S/c19-17-14-8-11-4-1-2-5-12(11)9-15(14)18(20)16(17)10-13-6-3-7-21-13/h1-10H. The van der Waals surface area contributed by atoms with Gasteiger partial charge >= 0.3 is 0 Å². The third kappa shape index (κ3) is 1.86. The van der Waals surface area contributed by atoms with Crippen molar-refractivity contribution in [1.29, 1.82) is 0 Å². The van der Waals surface area contributed by atoms with Gasteiger partial charge in [0.1, 0.15) is 0 Å². The number of ketones is 2. The SMILES string of the molecule is O=C1C(=Cc2cccs2)C(=O)c2cc3ccccc3cc21. The molecular formula is C18H10O2S. The number of fused-ring (bicyclic) bond motifs is 2. The van der Waals surface area contributed by atoms with Gasteiger partial charge < -0.3 is 0 Å². The Kier molecular flexibility index (Phi) is 2.62. The van der Waals surface area contributed by atoms with Crippen molar-refractivity contribution in [3.8, 4) is 0 Å². The molecule has 2 nitrogen and oxygen atoms in total. The largest absolute Gasteiger partial charge is 0.288 e. The molecule has 1 aromatic heterocycles. The van der Waals surface area contributed by atoms with Crippen LogP contribution in [0.5, 0.6) is 0 Å². The van der Waals surface area contributed by atoms with E-state index in [0.29, 0.717) is 11.1 Å². The maximum absolute atomic E-state index is 12.5. The second kappa shape index (κ2) is 4.50. The molecule has 0 radical (unpaired) electrons. The molecule has 0 saturated heterocycles. The summed E-state index contributed by atoms with van der Waals surface area (Å²) in [6.45, 7) is 0. The first-order valence-corrected chi connectivity index (χ1v) is 7.49. The Morgan fingerprint density at radius 2 is 1.43 bits per heavy atom. The van der Waals surface area contributed by atoms with Gasteiger partial charge in [0.25, 0.3) is 0 Å². The third-order valence-corrected chi connectivity index (χ3v) is 4.51. The molecule has 21 heavy (non-hydrogen) atoms. The van der Waals surface area contributed by atoms with E-state index in [1.54, 1.807) is 6.08 Å². The van der Waals surface area contributed by atoms with Gasteiger partial charge in [0.05, 0.1) is 5.57 Å². The minimum Gasteiger partial charge on any atom is -0.288 e. The van der Waals surface area contributed by atoms with E-state index in [4.69, 9.17) is 0 Å². The molecule has 3 heteroatoms. The van der Waals surface area contributed by atoms with E-state index in [9.17, 15) is 9.59 Å². The molecule has 0 fully saturated rings. The van der Waals surface area contributed by atoms with Crippen LogP contribution >= 0.6 is 11.3 Å². The Balaban J connectivity index is 1.92. The first kappa shape index (κ1) is 12.2. The summed E-state index contributed by atoms with van der Waals surface area (Å²) in [6.07, 6.45) is 1.69. The fourth-order valence-electron chi connectivity index (χ4n) is 2.66. The molecule has 0 bridgehead atoms. The minimum atomic E-state index is -0.172. The molecule has 0 spiro atoms. The summed E-state index contributed by atoms with van der Waals surface area (Å²) in [4.78, 5) is 25.9. The van der Waals surface area contributed by atoms with Gasteiger partial charge in [-0.05, 0) is 40.4 Å². The normalized spacial score (nSPS) is 13.8. The number of hydrogen-bond donors (Lipinski definition) is 0. The van der Waals surface area contributed by atoms with Crippen molar-refractivity contribution < 1.29 is 9.59 Å². The highest BCUT2D eigenvalue weighted by Crippen LogP contribution is 2.32. The monoisotopic (exact) mass is 290 g/mol. The van der Waals surface area contributed by atoms with Gasteiger partial charge in [-0.2, -0.15) is 0 Å². The molecule has 100 valence electrons. The highest BCUT2D eigenvalue weighted by molar-refractivity contribution is 7.10. The third-order valence-electron chi connectivity index (χ3n) is 3.69. The van der Waals surface area contributed by atoms with Crippen LogP contribution in [0.1, 0.15) is 25.6 Å². The molecule has 0 saturated carbocycles. The molecule has 0 unspecified atom stereocenters. The number of carbonyl (C=O) groups excluding carboxylic acids is 2. The van der Waals surface area contributed by atoms with E-state index in [2.05, 4.69) is 0 Å². The summed E-state index contributed by atoms with van der Waals surface area (Å²) in [7, 11) is 0. The van der Waals surface area contributed by atoms with Crippen LogP contribution in [0.2, 0.25) is 0 Å². The summed E-state index contributed by atoms with van der Waals surface area (Å²) in [5, 5.41) is 3.89. The summed E-state index contributed by atoms with van der Waals surface area (Å²) in [6, 6.07) is 15.2. The fraction of sp³-hybridized carbons (Fsp3) is 0. The van der Waals surface area contributed by atoms with Gasteiger partial charge in [0.15, 0.2) is 11.6 Å². The van der Waals surface area contributed by atoms with Gasteiger partial charge in [0.2, 0.25) is 0 Å². The van der Waals surface area contributed by atoms with E-state index >= 15 is 0 Å². The van der Waals surface area contributed by atoms with Crippen LogP contribution in [0.4, 0.5) is 0 Å². The molecule has 1 aliphatic rings. The van der Waals surface area contributed by atoms with Crippen LogP contribution in [0.3, 0.4) is 0 Å². The van der Waals surface area contributed by atoms with E-state index in [0.717, 1.165) is 15.6 Å². The van der Waals surface area contributed by atoms with Crippen LogP contribution in [0.25, 0.3) is 16.8 Å². The number of Topliss-reactive ketones (excluding diaryl/α,β-unsaturated/α-hetero) is 2. The van der Waals surface area contributed by atoms with Crippen molar-refractivity contribution in [3.05, 3.63) is 75.5 Å². The topological polar surface area (TPSA) is 34.1 Å². The number of benzene rings is 2. The second-order valence-corrected chi connectivity index (χ2v) is 5.96. The van der Waals surface area contributed by atoms with Crippen molar-refractivity contribution in [2.75, 3.05) is 0 Å². The van der Waals surface area contributed by atoms with Gasteiger partial charge in [-0.15, -0.1) is 11.3 Å². The molecule has 2 aromatic carbocycles. The zero-order valence-electron chi connectivity index (χ0n) is 11.0. The maximum Gasteiger partial charge on any atom is 0.197 e. The van der Waals surface area contributed by atoms with E-state index in [1.165, 1.54) is 11.3 Å². The molecule has 0 N–H and O–H groups in total. The first-order chi connectivity index (χ1) is 10.2. The average molecular weight is 290 g/mol. The highest BCUT2D eigenvalue weighted by atomic mass is 32.1. The molecule has 1 heterocycles. The van der Waals surface area contributed by atoms with Gasteiger partial charge in [-0.25, -0.2) is 0 Å². The first-order valence-electron chi connectivity index (χ1n) is 6.61. The molecule has 3 aromatic rings. The Bertz CT molecular complexity index is 861. The van der Waals surface area contributed by atoms with Gasteiger partial charge in [-0.1, -0.05) is 30.3 Å². The minimum absolute atomic E-state index is 0.172. The van der Waals surface area contributed by atoms with Crippen LogP contribution in [-0.2, 0) is 0 Å². The molecule has 0 atom stereocenters.